The van der Waals surface area contributed by atoms with Gasteiger partial charge in [-0.05, 0) is 45.4 Å². The highest BCUT2D eigenvalue weighted by Gasteiger charge is 2.42. The van der Waals surface area contributed by atoms with Crippen molar-refractivity contribution >= 4 is 0 Å². The minimum absolute atomic E-state index is 0.106. The molecule has 1 aliphatic carbocycles. The van der Waals surface area contributed by atoms with E-state index in [-0.39, 0.29) is 5.92 Å². The summed E-state index contributed by atoms with van der Waals surface area (Å²) in [6.07, 6.45) is 4.51. The van der Waals surface area contributed by atoms with Crippen LogP contribution in [0.5, 0.6) is 0 Å². The molecule has 1 heterocycles. The topological polar surface area (TPSA) is 68.4 Å². The SMILES string of the molecule is CCOC1(c2noc(C(CC)C(C)O)n2)CCCC(C)C1. The zero-order valence-corrected chi connectivity index (χ0v) is 13.6. The van der Waals surface area contributed by atoms with Crippen molar-refractivity contribution in [1.82, 2.24) is 10.1 Å². The molecule has 4 unspecified atom stereocenters. The van der Waals surface area contributed by atoms with Gasteiger partial charge in [0, 0.05) is 6.61 Å². The summed E-state index contributed by atoms with van der Waals surface area (Å²) in [7, 11) is 0. The van der Waals surface area contributed by atoms with Crippen LogP contribution in [0.15, 0.2) is 4.52 Å². The van der Waals surface area contributed by atoms with Gasteiger partial charge in [-0.3, -0.25) is 0 Å². The third-order valence-electron chi connectivity index (χ3n) is 4.56. The second kappa shape index (κ2) is 6.88. The Balaban J connectivity index is 2.27. The lowest BCUT2D eigenvalue weighted by atomic mass is 9.78. The Hall–Kier alpha value is -0.940. The molecule has 1 saturated carbocycles. The van der Waals surface area contributed by atoms with E-state index in [9.17, 15) is 5.11 Å². The van der Waals surface area contributed by atoms with Crippen LogP contribution in [0.2, 0.25) is 0 Å². The van der Waals surface area contributed by atoms with Crippen molar-refractivity contribution in [3.8, 4) is 0 Å². The predicted molar refractivity (Wildman–Crippen MR) is 79.9 cm³/mol. The van der Waals surface area contributed by atoms with Crippen LogP contribution < -0.4 is 0 Å². The minimum atomic E-state index is -0.489. The minimum Gasteiger partial charge on any atom is -0.393 e. The van der Waals surface area contributed by atoms with Crippen LogP contribution in [-0.4, -0.2) is 28.0 Å². The molecule has 2 rings (SSSR count). The van der Waals surface area contributed by atoms with Crippen molar-refractivity contribution in [1.29, 1.82) is 0 Å². The third kappa shape index (κ3) is 3.46. The number of ether oxygens (including phenoxy) is 1. The second-order valence-electron chi connectivity index (χ2n) is 6.34. The van der Waals surface area contributed by atoms with Crippen molar-refractivity contribution in [3.05, 3.63) is 11.7 Å². The standard InChI is InChI=1S/C16H28N2O3/c1-5-13(12(4)19)14-17-15(18-21-14)16(20-6-2)9-7-8-11(3)10-16/h11-13,19H,5-10H2,1-4H3. The van der Waals surface area contributed by atoms with Crippen molar-refractivity contribution in [2.24, 2.45) is 5.92 Å². The number of hydrogen-bond donors (Lipinski definition) is 1. The summed E-state index contributed by atoms with van der Waals surface area (Å²) >= 11 is 0. The van der Waals surface area contributed by atoms with Gasteiger partial charge in [0.05, 0.1) is 12.0 Å². The molecular weight excluding hydrogens is 268 g/mol. The van der Waals surface area contributed by atoms with E-state index in [2.05, 4.69) is 17.1 Å². The Morgan fingerprint density at radius 3 is 2.81 bits per heavy atom. The van der Waals surface area contributed by atoms with Crippen LogP contribution in [0.1, 0.15) is 77.4 Å². The molecule has 0 amide bonds. The smallest absolute Gasteiger partial charge is 0.232 e. The molecule has 120 valence electrons. The monoisotopic (exact) mass is 296 g/mol. The third-order valence-corrected chi connectivity index (χ3v) is 4.56. The normalized spacial score (nSPS) is 29.3. The zero-order chi connectivity index (χ0) is 15.5. The molecule has 4 atom stereocenters. The lowest BCUT2D eigenvalue weighted by Gasteiger charge is -2.37. The molecular formula is C16H28N2O3. The Bertz CT molecular complexity index is 442. The van der Waals surface area contributed by atoms with Gasteiger partial charge in [-0.1, -0.05) is 25.4 Å². The number of rotatable bonds is 6. The van der Waals surface area contributed by atoms with Crippen LogP contribution in [-0.2, 0) is 10.3 Å². The average molecular weight is 296 g/mol. The van der Waals surface area contributed by atoms with E-state index in [1.807, 2.05) is 13.8 Å². The van der Waals surface area contributed by atoms with Crippen LogP contribution in [0.25, 0.3) is 0 Å². The van der Waals surface area contributed by atoms with Crippen LogP contribution in [0, 0.1) is 5.92 Å². The predicted octanol–water partition coefficient (Wildman–Crippen LogP) is 3.39. The summed E-state index contributed by atoms with van der Waals surface area (Å²) in [5.41, 5.74) is -0.412. The van der Waals surface area contributed by atoms with Gasteiger partial charge >= 0.3 is 0 Å². The van der Waals surface area contributed by atoms with Gasteiger partial charge in [-0.15, -0.1) is 0 Å². The zero-order valence-electron chi connectivity index (χ0n) is 13.6. The first kappa shape index (κ1) is 16.4. The molecule has 1 aliphatic rings. The van der Waals surface area contributed by atoms with Crippen molar-refractivity contribution in [2.75, 3.05) is 6.61 Å². The van der Waals surface area contributed by atoms with Crippen LogP contribution >= 0.6 is 0 Å². The fraction of sp³-hybridized carbons (Fsp3) is 0.875. The maximum atomic E-state index is 9.84. The largest absolute Gasteiger partial charge is 0.393 e. The highest BCUT2D eigenvalue weighted by molar-refractivity contribution is 5.06. The Kier molecular flexibility index (Phi) is 5.38. The quantitative estimate of drug-likeness (QED) is 0.871. The molecule has 1 N–H and O–H groups in total. The first-order chi connectivity index (χ1) is 10.0. The molecule has 0 spiro atoms. The number of aliphatic hydroxyl groups excluding tert-OH is 1. The average Bonchev–Trinajstić information content (AvgIpc) is 2.89. The first-order valence-corrected chi connectivity index (χ1v) is 8.18. The van der Waals surface area contributed by atoms with E-state index in [1.165, 1.54) is 6.42 Å². The Morgan fingerprint density at radius 1 is 1.48 bits per heavy atom. The van der Waals surface area contributed by atoms with E-state index < -0.39 is 11.7 Å². The van der Waals surface area contributed by atoms with Crippen molar-refractivity contribution in [2.45, 2.75) is 77.4 Å². The van der Waals surface area contributed by atoms with Gasteiger partial charge in [-0.25, -0.2) is 0 Å². The molecule has 5 nitrogen and oxygen atoms in total. The number of aromatic nitrogens is 2. The lowest BCUT2D eigenvalue weighted by molar-refractivity contribution is -0.0891. The maximum absolute atomic E-state index is 9.84. The van der Waals surface area contributed by atoms with Gasteiger partial charge in [0.15, 0.2) is 0 Å². The van der Waals surface area contributed by atoms with Crippen molar-refractivity contribution < 1.29 is 14.4 Å². The van der Waals surface area contributed by atoms with E-state index in [4.69, 9.17) is 9.26 Å². The van der Waals surface area contributed by atoms with E-state index in [0.29, 0.717) is 24.2 Å². The summed E-state index contributed by atoms with van der Waals surface area (Å²) in [5, 5.41) is 14.0. The van der Waals surface area contributed by atoms with Gasteiger partial charge in [0.25, 0.3) is 0 Å². The Morgan fingerprint density at radius 2 is 2.24 bits per heavy atom. The van der Waals surface area contributed by atoms with Gasteiger partial charge < -0.3 is 14.4 Å². The van der Waals surface area contributed by atoms with Crippen LogP contribution in [0.4, 0.5) is 0 Å². The van der Waals surface area contributed by atoms with Gasteiger partial charge in [0.1, 0.15) is 5.60 Å². The van der Waals surface area contributed by atoms with Gasteiger partial charge in [-0.2, -0.15) is 4.98 Å². The fourth-order valence-corrected chi connectivity index (χ4v) is 3.47. The molecule has 0 aromatic carbocycles. The van der Waals surface area contributed by atoms with E-state index in [1.54, 1.807) is 6.92 Å². The Labute approximate surface area is 127 Å². The molecule has 21 heavy (non-hydrogen) atoms. The lowest BCUT2D eigenvalue weighted by Crippen LogP contribution is -2.36. The van der Waals surface area contributed by atoms with Gasteiger partial charge in [0.2, 0.25) is 11.7 Å². The molecule has 5 heteroatoms. The number of hydrogen-bond acceptors (Lipinski definition) is 5. The first-order valence-electron chi connectivity index (χ1n) is 8.18. The summed E-state index contributed by atoms with van der Waals surface area (Å²) in [4.78, 5) is 4.59. The summed E-state index contributed by atoms with van der Waals surface area (Å²) in [6.45, 7) is 8.68. The molecule has 1 aromatic rings. The van der Waals surface area contributed by atoms with E-state index in [0.717, 1.165) is 25.7 Å². The summed E-state index contributed by atoms with van der Waals surface area (Å²) < 4.78 is 11.5. The molecule has 1 fully saturated rings. The highest BCUT2D eigenvalue weighted by atomic mass is 16.5. The second-order valence-corrected chi connectivity index (χ2v) is 6.34. The number of nitrogens with zero attached hydrogens (tertiary/aromatic N) is 2. The van der Waals surface area contributed by atoms with Crippen molar-refractivity contribution in [3.63, 3.8) is 0 Å². The van der Waals surface area contributed by atoms with E-state index >= 15 is 0 Å². The molecule has 1 aromatic heterocycles. The summed E-state index contributed by atoms with van der Waals surface area (Å²) in [5.74, 6) is 1.68. The molecule has 0 aliphatic heterocycles. The highest BCUT2D eigenvalue weighted by Crippen LogP contribution is 2.42. The fourth-order valence-electron chi connectivity index (χ4n) is 3.47. The molecule has 0 radical (unpaired) electrons. The molecule has 0 bridgehead atoms. The van der Waals surface area contributed by atoms with Crippen LogP contribution in [0.3, 0.4) is 0 Å². The number of aliphatic hydroxyl groups is 1. The molecule has 0 saturated heterocycles. The summed E-state index contributed by atoms with van der Waals surface area (Å²) in [6, 6.07) is 0. The maximum Gasteiger partial charge on any atom is 0.232 e.